The number of carbonyl (C=O) groups is 1. The Hall–Kier alpha value is -0.940. The molecule has 0 aliphatic rings. The number of pyridine rings is 1. The molecule has 0 radical (unpaired) electrons. The number of rotatable bonds is 5. The van der Waals surface area contributed by atoms with E-state index < -0.39 is 12.0 Å². The summed E-state index contributed by atoms with van der Waals surface area (Å²) in [4.78, 5) is 15.2. The van der Waals surface area contributed by atoms with Crippen LogP contribution in [0.5, 0.6) is 0 Å². The minimum Gasteiger partial charge on any atom is -0.480 e. The molecule has 1 aromatic heterocycles. The number of hydrogen-bond acceptors (Lipinski definition) is 3. The zero-order valence-corrected chi connectivity index (χ0v) is 10.9. The van der Waals surface area contributed by atoms with Gasteiger partial charge in [0.15, 0.2) is 0 Å². The van der Waals surface area contributed by atoms with Gasteiger partial charge in [0.1, 0.15) is 10.6 Å². The molecule has 1 heterocycles. The van der Waals surface area contributed by atoms with Crippen molar-refractivity contribution >= 4 is 21.9 Å². The van der Waals surface area contributed by atoms with Crippen molar-refractivity contribution in [2.45, 2.75) is 26.4 Å². The molecule has 0 saturated heterocycles. The van der Waals surface area contributed by atoms with Crippen LogP contribution in [-0.4, -0.2) is 22.1 Å². The fourth-order valence-electron chi connectivity index (χ4n) is 1.37. The minimum absolute atomic E-state index is 0.0460. The van der Waals surface area contributed by atoms with Crippen LogP contribution in [0.4, 0.5) is 0 Å². The third-order valence-corrected chi connectivity index (χ3v) is 2.65. The lowest BCUT2D eigenvalue weighted by molar-refractivity contribution is -0.140. The molecule has 0 aliphatic carbocycles. The van der Waals surface area contributed by atoms with Gasteiger partial charge >= 0.3 is 5.97 Å². The van der Waals surface area contributed by atoms with E-state index in [0.29, 0.717) is 6.54 Å². The zero-order valence-electron chi connectivity index (χ0n) is 9.27. The lowest BCUT2D eigenvalue weighted by atomic mass is 10.0. The minimum atomic E-state index is -0.829. The van der Waals surface area contributed by atoms with Gasteiger partial charge in [-0.1, -0.05) is 19.9 Å². The molecule has 5 heteroatoms. The van der Waals surface area contributed by atoms with Gasteiger partial charge in [-0.3, -0.25) is 10.1 Å². The Morgan fingerprint density at radius 3 is 2.75 bits per heavy atom. The molecule has 1 atom stereocenters. The summed E-state index contributed by atoms with van der Waals surface area (Å²) in [5, 5.41) is 12.0. The first kappa shape index (κ1) is 13.1. The molecule has 16 heavy (non-hydrogen) atoms. The molecular formula is C11H15BrN2O2. The molecule has 1 rings (SSSR count). The number of aliphatic carboxylic acids is 1. The topological polar surface area (TPSA) is 62.2 Å². The van der Waals surface area contributed by atoms with Crippen molar-refractivity contribution in [2.24, 2.45) is 5.92 Å². The Morgan fingerprint density at radius 1 is 1.56 bits per heavy atom. The van der Waals surface area contributed by atoms with Gasteiger partial charge in [0.2, 0.25) is 0 Å². The highest BCUT2D eigenvalue weighted by Gasteiger charge is 2.20. The monoisotopic (exact) mass is 286 g/mol. The summed E-state index contributed by atoms with van der Waals surface area (Å²) in [5.74, 6) is -0.783. The van der Waals surface area contributed by atoms with Crippen LogP contribution in [0.2, 0.25) is 0 Å². The van der Waals surface area contributed by atoms with E-state index in [-0.39, 0.29) is 5.92 Å². The second-order valence-electron chi connectivity index (χ2n) is 3.89. The highest BCUT2D eigenvalue weighted by atomic mass is 79.9. The number of hydrogen-bond donors (Lipinski definition) is 2. The first-order valence-electron chi connectivity index (χ1n) is 5.08. The number of nitrogens with one attached hydrogen (secondary N) is 1. The summed E-state index contributed by atoms with van der Waals surface area (Å²) < 4.78 is 0.753. The SMILES string of the molecule is CC(C)C(NCc1cccc(Br)n1)C(=O)O. The van der Waals surface area contributed by atoms with Crippen LogP contribution in [-0.2, 0) is 11.3 Å². The Kier molecular flexibility index (Phi) is 4.89. The Bertz CT molecular complexity index is 369. The zero-order chi connectivity index (χ0) is 12.1. The van der Waals surface area contributed by atoms with Gasteiger partial charge in [-0.05, 0) is 34.0 Å². The third kappa shape index (κ3) is 3.90. The van der Waals surface area contributed by atoms with Gasteiger partial charge in [-0.2, -0.15) is 0 Å². The van der Waals surface area contributed by atoms with E-state index in [1.807, 2.05) is 32.0 Å². The molecule has 1 unspecified atom stereocenters. The van der Waals surface area contributed by atoms with Crippen molar-refractivity contribution in [1.29, 1.82) is 0 Å². The predicted octanol–water partition coefficient (Wildman–Crippen LogP) is 2.04. The standard InChI is InChI=1S/C11H15BrN2O2/c1-7(2)10(11(15)16)13-6-8-4-3-5-9(12)14-8/h3-5,7,10,13H,6H2,1-2H3,(H,15,16). The van der Waals surface area contributed by atoms with Crippen molar-refractivity contribution in [3.63, 3.8) is 0 Å². The van der Waals surface area contributed by atoms with Crippen molar-refractivity contribution in [3.8, 4) is 0 Å². The van der Waals surface area contributed by atoms with Crippen molar-refractivity contribution in [3.05, 3.63) is 28.5 Å². The fraction of sp³-hybridized carbons (Fsp3) is 0.455. The van der Waals surface area contributed by atoms with Crippen LogP contribution in [0, 0.1) is 5.92 Å². The van der Waals surface area contributed by atoms with Gasteiger partial charge in [0.05, 0.1) is 5.69 Å². The van der Waals surface area contributed by atoms with Crippen LogP contribution in [0.15, 0.2) is 22.8 Å². The summed E-state index contributed by atoms with van der Waals surface area (Å²) in [6, 6.07) is 5.03. The molecule has 0 spiro atoms. The molecule has 0 aromatic carbocycles. The molecule has 0 fully saturated rings. The van der Waals surface area contributed by atoms with E-state index in [4.69, 9.17) is 5.11 Å². The van der Waals surface area contributed by atoms with Crippen LogP contribution in [0.3, 0.4) is 0 Å². The first-order valence-corrected chi connectivity index (χ1v) is 5.87. The number of halogens is 1. The summed E-state index contributed by atoms with van der Waals surface area (Å²) >= 11 is 3.27. The van der Waals surface area contributed by atoms with E-state index in [9.17, 15) is 4.79 Å². The largest absolute Gasteiger partial charge is 0.480 e. The van der Waals surface area contributed by atoms with Crippen LogP contribution in [0.1, 0.15) is 19.5 Å². The molecule has 88 valence electrons. The van der Waals surface area contributed by atoms with Gasteiger partial charge in [0.25, 0.3) is 0 Å². The summed E-state index contributed by atoms with van der Waals surface area (Å²) in [6.45, 7) is 4.20. The van der Waals surface area contributed by atoms with E-state index in [1.165, 1.54) is 0 Å². The molecule has 0 aliphatic heterocycles. The average molecular weight is 287 g/mol. The molecule has 4 nitrogen and oxygen atoms in total. The quantitative estimate of drug-likeness (QED) is 0.814. The van der Waals surface area contributed by atoms with Gasteiger partial charge < -0.3 is 5.11 Å². The lowest BCUT2D eigenvalue weighted by Crippen LogP contribution is -2.40. The van der Waals surface area contributed by atoms with Gasteiger partial charge in [-0.15, -0.1) is 0 Å². The second-order valence-corrected chi connectivity index (χ2v) is 4.70. The summed E-state index contributed by atoms with van der Waals surface area (Å²) in [5.41, 5.74) is 0.821. The number of nitrogens with zero attached hydrogens (tertiary/aromatic N) is 1. The maximum atomic E-state index is 10.9. The van der Waals surface area contributed by atoms with Crippen LogP contribution in [0.25, 0.3) is 0 Å². The molecular weight excluding hydrogens is 272 g/mol. The molecule has 1 aromatic rings. The summed E-state index contributed by atoms with van der Waals surface area (Å²) in [7, 11) is 0. The normalized spacial score (nSPS) is 12.8. The highest BCUT2D eigenvalue weighted by molar-refractivity contribution is 9.10. The summed E-state index contributed by atoms with van der Waals surface area (Å²) in [6.07, 6.45) is 0. The molecule has 0 amide bonds. The highest BCUT2D eigenvalue weighted by Crippen LogP contribution is 2.07. The van der Waals surface area contributed by atoms with E-state index in [2.05, 4.69) is 26.2 Å². The maximum absolute atomic E-state index is 10.9. The Balaban J connectivity index is 2.59. The maximum Gasteiger partial charge on any atom is 0.320 e. The van der Waals surface area contributed by atoms with Crippen molar-refractivity contribution < 1.29 is 9.90 Å². The predicted molar refractivity (Wildman–Crippen MR) is 65.0 cm³/mol. The number of aromatic nitrogens is 1. The lowest BCUT2D eigenvalue weighted by Gasteiger charge is -2.17. The first-order chi connectivity index (χ1) is 7.50. The van der Waals surface area contributed by atoms with E-state index in [0.717, 1.165) is 10.3 Å². The van der Waals surface area contributed by atoms with Crippen LogP contribution < -0.4 is 5.32 Å². The Labute approximate surface area is 103 Å². The fourth-order valence-corrected chi connectivity index (χ4v) is 1.75. The number of carboxylic acid groups (broad SMARTS) is 1. The molecule has 0 saturated carbocycles. The Morgan fingerprint density at radius 2 is 2.25 bits per heavy atom. The van der Waals surface area contributed by atoms with E-state index >= 15 is 0 Å². The van der Waals surface area contributed by atoms with Crippen LogP contribution >= 0.6 is 15.9 Å². The second kappa shape index (κ2) is 5.96. The van der Waals surface area contributed by atoms with Crippen molar-refractivity contribution in [2.75, 3.05) is 0 Å². The van der Waals surface area contributed by atoms with Crippen molar-refractivity contribution in [1.82, 2.24) is 10.3 Å². The van der Waals surface area contributed by atoms with E-state index in [1.54, 1.807) is 0 Å². The van der Waals surface area contributed by atoms with Gasteiger partial charge in [-0.25, -0.2) is 4.98 Å². The number of carboxylic acids is 1. The molecule has 0 bridgehead atoms. The third-order valence-electron chi connectivity index (χ3n) is 2.21. The van der Waals surface area contributed by atoms with Gasteiger partial charge in [0, 0.05) is 6.54 Å². The smallest absolute Gasteiger partial charge is 0.320 e. The molecule has 2 N–H and O–H groups in total. The average Bonchev–Trinajstić information content (AvgIpc) is 2.16.